The van der Waals surface area contributed by atoms with Crippen LogP contribution in [0.5, 0.6) is 5.75 Å². The summed E-state index contributed by atoms with van der Waals surface area (Å²) >= 11 is 5.12. The predicted octanol–water partition coefficient (Wildman–Crippen LogP) is 4.09. The number of benzene rings is 3. The van der Waals surface area contributed by atoms with Gasteiger partial charge in [0.2, 0.25) is 0 Å². The number of hydrogen-bond donors (Lipinski definition) is 3. The average molecular weight is 406 g/mol. The van der Waals surface area contributed by atoms with E-state index in [-0.39, 0.29) is 10.7 Å². The van der Waals surface area contributed by atoms with Crippen LogP contribution in [0, 0.1) is 0 Å². The molecule has 0 atom stereocenters. The lowest BCUT2D eigenvalue weighted by Crippen LogP contribution is -2.34. The topological polar surface area (TPSA) is 87.7 Å². The van der Waals surface area contributed by atoms with Gasteiger partial charge in [-0.05, 0) is 54.2 Å². The SMILES string of the molecule is O=C(NC(=S)Nc1ccccc1C(=O)O)c1ccc(COc2ccccc2)cc1. The summed E-state index contributed by atoms with van der Waals surface area (Å²) in [6.07, 6.45) is 0. The Morgan fingerprint density at radius 1 is 0.897 bits per heavy atom. The summed E-state index contributed by atoms with van der Waals surface area (Å²) in [6.45, 7) is 0.387. The van der Waals surface area contributed by atoms with Crippen molar-refractivity contribution in [2.45, 2.75) is 6.61 Å². The summed E-state index contributed by atoms with van der Waals surface area (Å²) in [5.74, 6) is -0.714. The number of nitrogens with one attached hydrogen (secondary N) is 2. The van der Waals surface area contributed by atoms with Gasteiger partial charge in [-0.2, -0.15) is 0 Å². The molecular formula is C22H18N2O4S. The number of carboxylic acids is 1. The molecule has 3 aromatic carbocycles. The van der Waals surface area contributed by atoms with Crippen LogP contribution in [0.4, 0.5) is 5.69 Å². The summed E-state index contributed by atoms with van der Waals surface area (Å²) < 4.78 is 5.67. The molecule has 0 aromatic heterocycles. The van der Waals surface area contributed by atoms with Crippen LogP contribution in [0.3, 0.4) is 0 Å². The van der Waals surface area contributed by atoms with E-state index in [1.54, 1.807) is 42.5 Å². The number of thiocarbonyl (C=S) groups is 1. The van der Waals surface area contributed by atoms with Crippen LogP contribution in [0.15, 0.2) is 78.9 Å². The van der Waals surface area contributed by atoms with E-state index in [2.05, 4.69) is 10.6 Å². The Morgan fingerprint density at radius 2 is 1.55 bits per heavy atom. The first-order valence-electron chi connectivity index (χ1n) is 8.74. The fourth-order valence-corrected chi connectivity index (χ4v) is 2.75. The second kappa shape index (κ2) is 9.48. The van der Waals surface area contributed by atoms with Crippen molar-refractivity contribution in [2.75, 3.05) is 5.32 Å². The first-order chi connectivity index (χ1) is 14.0. The molecule has 0 spiro atoms. The zero-order valence-corrected chi connectivity index (χ0v) is 16.1. The third-order valence-electron chi connectivity index (χ3n) is 4.00. The highest BCUT2D eigenvalue weighted by Gasteiger charge is 2.12. The molecule has 0 radical (unpaired) electrons. The molecule has 0 unspecified atom stereocenters. The van der Waals surface area contributed by atoms with Crippen LogP contribution in [0.25, 0.3) is 0 Å². The zero-order valence-electron chi connectivity index (χ0n) is 15.3. The fraction of sp³-hybridized carbons (Fsp3) is 0.0455. The van der Waals surface area contributed by atoms with Gasteiger partial charge in [0.25, 0.3) is 5.91 Å². The Bertz CT molecular complexity index is 1020. The third kappa shape index (κ3) is 5.63. The van der Waals surface area contributed by atoms with Crippen LogP contribution >= 0.6 is 12.2 Å². The Morgan fingerprint density at radius 3 is 2.24 bits per heavy atom. The van der Waals surface area contributed by atoms with Crippen LogP contribution in [0.2, 0.25) is 0 Å². The molecule has 0 saturated heterocycles. The molecule has 0 fully saturated rings. The van der Waals surface area contributed by atoms with Crippen LogP contribution in [0.1, 0.15) is 26.3 Å². The lowest BCUT2D eigenvalue weighted by atomic mass is 10.1. The van der Waals surface area contributed by atoms with E-state index in [4.69, 9.17) is 17.0 Å². The molecule has 0 aliphatic rings. The Balaban J connectivity index is 1.56. The molecular weight excluding hydrogens is 388 g/mol. The first kappa shape index (κ1) is 20.0. The maximum absolute atomic E-state index is 12.4. The number of ether oxygens (including phenoxy) is 1. The maximum atomic E-state index is 12.4. The summed E-state index contributed by atoms with van der Waals surface area (Å²) in [7, 11) is 0. The molecule has 3 rings (SSSR count). The molecule has 6 nitrogen and oxygen atoms in total. The molecule has 0 bridgehead atoms. The molecule has 0 saturated carbocycles. The van der Waals surface area contributed by atoms with Gasteiger partial charge in [0.1, 0.15) is 12.4 Å². The maximum Gasteiger partial charge on any atom is 0.337 e. The van der Waals surface area contributed by atoms with Crippen molar-refractivity contribution < 1.29 is 19.4 Å². The minimum Gasteiger partial charge on any atom is -0.489 e. The molecule has 3 aromatic rings. The van der Waals surface area contributed by atoms with E-state index in [1.807, 2.05) is 30.3 Å². The lowest BCUT2D eigenvalue weighted by molar-refractivity contribution is 0.0697. The molecule has 0 aliphatic heterocycles. The Kier molecular flexibility index (Phi) is 6.55. The number of anilines is 1. The number of carbonyl (C=O) groups excluding carboxylic acids is 1. The van der Waals surface area contributed by atoms with Crippen LogP contribution in [-0.4, -0.2) is 22.1 Å². The van der Waals surface area contributed by atoms with Crippen molar-refractivity contribution in [3.63, 3.8) is 0 Å². The van der Waals surface area contributed by atoms with Crippen molar-refractivity contribution in [2.24, 2.45) is 0 Å². The minimum absolute atomic E-state index is 0.0141. The summed E-state index contributed by atoms with van der Waals surface area (Å²) in [5.41, 5.74) is 1.70. The second-order valence-electron chi connectivity index (χ2n) is 6.06. The number of para-hydroxylation sites is 2. The second-order valence-corrected chi connectivity index (χ2v) is 6.47. The van der Waals surface area contributed by atoms with Gasteiger partial charge >= 0.3 is 5.97 Å². The first-order valence-corrected chi connectivity index (χ1v) is 9.15. The molecule has 0 aliphatic carbocycles. The van der Waals surface area contributed by atoms with E-state index in [0.717, 1.165) is 11.3 Å². The number of carbonyl (C=O) groups is 2. The van der Waals surface area contributed by atoms with Crippen LogP contribution < -0.4 is 15.4 Å². The number of carboxylic acid groups (broad SMARTS) is 1. The van der Waals surface area contributed by atoms with E-state index >= 15 is 0 Å². The molecule has 29 heavy (non-hydrogen) atoms. The highest BCUT2D eigenvalue weighted by Crippen LogP contribution is 2.15. The summed E-state index contributed by atoms with van der Waals surface area (Å²) in [5, 5.41) is 14.5. The molecule has 3 N–H and O–H groups in total. The standard InChI is InChI=1S/C22H18N2O4S/c25-20(24-22(29)23-19-9-5-4-8-18(19)21(26)27)16-12-10-15(11-13-16)14-28-17-6-2-1-3-7-17/h1-13H,14H2,(H,26,27)(H2,23,24,25,29). The molecule has 0 heterocycles. The van der Waals surface area contributed by atoms with Gasteiger partial charge in [-0.3, -0.25) is 10.1 Å². The van der Waals surface area contributed by atoms with Crippen molar-refractivity contribution in [1.29, 1.82) is 0 Å². The van der Waals surface area contributed by atoms with Crippen LogP contribution in [-0.2, 0) is 6.61 Å². The predicted molar refractivity (Wildman–Crippen MR) is 114 cm³/mol. The average Bonchev–Trinajstić information content (AvgIpc) is 2.73. The highest BCUT2D eigenvalue weighted by atomic mass is 32.1. The number of hydrogen-bond acceptors (Lipinski definition) is 4. The third-order valence-corrected chi connectivity index (χ3v) is 4.20. The smallest absolute Gasteiger partial charge is 0.337 e. The minimum atomic E-state index is -1.09. The van der Waals surface area contributed by atoms with Gasteiger partial charge in [0.15, 0.2) is 5.11 Å². The summed E-state index contributed by atoms with van der Waals surface area (Å²) in [6, 6.07) is 22.7. The fourth-order valence-electron chi connectivity index (χ4n) is 2.54. The zero-order chi connectivity index (χ0) is 20.6. The van der Waals surface area contributed by atoms with E-state index in [1.165, 1.54) is 6.07 Å². The Labute approximate surface area is 173 Å². The number of amides is 1. The van der Waals surface area contributed by atoms with Gasteiger partial charge in [-0.25, -0.2) is 4.79 Å². The van der Waals surface area contributed by atoms with Gasteiger partial charge in [-0.1, -0.05) is 42.5 Å². The van der Waals surface area contributed by atoms with Crippen molar-refractivity contribution >= 4 is 34.9 Å². The van der Waals surface area contributed by atoms with Crippen molar-refractivity contribution in [3.8, 4) is 5.75 Å². The van der Waals surface area contributed by atoms with Crippen molar-refractivity contribution in [1.82, 2.24) is 5.32 Å². The van der Waals surface area contributed by atoms with E-state index in [9.17, 15) is 14.7 Å². The molecule has 1 amide bonds. The van der Waals surface area contributed by atoms with Gasteiger partial charge < -0.3 is 15.2 Å². The quantitative estimate of drug-likeness (QED) is 0.535. The number of aromatic carboxylic acids is 1. The largest absolute Gasteiger partial charge is 0.489 e. The highest BCUT2D eigenvalue weighted by molar-refractivity contribution is 7.80. The van der Waals surface area contributed by atoms with Gasteiger partial charge in [0.05, 0.1) is 11.3 Å². The van der Waals surface area contributed by atoms with E-state index in [0.29, 0.717) is 17.9 Å². The summed E-state index contributed by atoms with van der Waals surface area (Å²) in [4.78, 5) is 23.6. The Hall–Kier alpha value is -3.71. The normalized spacial score (nSPS) is 10.1. The number of rotatable bonds is 6. The monoisotopic (exact) mass is 406 g/mol. The molecule has 7 heteroatoms. The lowest BCUT2D eigenvalue weighted by Gasteiger charge is -2.12. The van der Waals surface area contributed by atoms with Gasteiger partial charge in [0, 0.05) is 5.56 Å². The van der Waals surface area contributed by atoms with E-state index < -0.39 is 11.9 Å². The molecule has 146 valence electrons. The van der Waals surface area contributed by atoms with Gasteiger partial charge in [-0.15, -0.1) is 0 Å². The van der Waals surface area contributed by atoms with Crippen molar-refractivity contribution in [3.05, 3.63) is 95.6 Å².